The maximum Gasteiger partial charge on any atom is 0.225 e. The lowest BCUT2D eigenvalue weighted by Crippen LogP contribution is -2.33. The van der Waals surface area contributed by atoms with Gasteiger partial charge in [0.15, 0.2) is 5.75 Å². The average Bonchev–Trinajstić information content (AvgIpc) is 2.60. The molecule has 0 bridgehead atoms. The minimum absolute atomic E-state index is 0.0761. The molecule has 0 spiro atoms. The number of sulfonamides is 1. The van der Waals surface area contributed by atoms with Gasteiger partial charge in [0.25, 0.3) is 0 Å². The summed E-state index contributed by atoms with van der Waals surface area (Å²) in [4.78, 5) is 12.3. The molecule has 2 rings (SSSR count). The number of carbonyl (C=O) groups is 1. The summed E-state index contributed by atoms with van der Waals surface area (Å²) in [6, 6.07) is 16.4. The van der Waals surface area contributed by atoms with Crippen molar-refractivity contribution in [1.29, 1.82) is 0 Å². The van der Waals surface area contributed by atoms with Gasteiger partial charge in [0.1, 0.15) is 5.75 Å². The molecule has 1 amide bonds. The van der Waals surface area contributed by atoms with Crippen LogP contribution in [0.25, 0.3) is 0 Å². The zero-order valence-electron chi connectivity index (χ0n) is 15.0. The van der Waals surface area contributed by atoms with Gasteiger partial charge in [-0.2, -0.15) is 0 Å². The van der Waals surface area contributed by atoms with Gasteiger partial charge in [-0.1, -0.05) is 37.3 Å². The Morgan fingerprint density at radius 3 is 2.35 bits per heavy atom. The van der Waals surface area contributed by atoms with Crippen LogP contribution in [0, 0.1) is 0 Å². The molecule has 7 heteroatoms. The van der Waals surface area contributed by atoms with Crippen LogP contribution in [0.4, 0.5) is 5.69 Å². The van der Waals surface area contributed by atoms with Crippen LogP contribution < -0.4 is 10.1 Å². The lowest BCUT2D eigenvalue weighted by Gasteiger charge is -2.19. The lowest BCUT2D eigenvalue weighted by atomic mass is 10.2. The highest BCUT2D eigenvalue weighted by atomic mass is 32.2. The third kappa shape index (κ3) is 6.16. The van der Waals surface area contributed by atoms with E-state index in [0.717, 1.165) is 6.26 Å². The Bertz CT molecular complexity index is 822. The highest BCUT2D eigenvalue weighted by Gasteiger charge is 2.17. The van der Waals surface area contributed by atoms with E-state index >= 15 is 0 Å². The maximum atomic E-state index is 12.3. The Labute approximate surface area is 154 Å². The molecule has 0 aliphatic carbocycles. The Morgan fingerprint density at radius 1 is 1.04 bits per heavy atom. The molecule has 6 nitrogen and oxygen atoms in total. The lowest BCUT2D eigenvalue weighted by molar-refractivity contribution is -0.116. The van der Waals surface area contributed by atoms with E-state index in [2.05, 4.69) is 5.32 Å². The van der Waals surface area contributed by atoms with E-state index in [-0.39, 0.29) is 18.9 Å². The van der Waals surface area contributed by atoms with Gasteiger partial charge < -0.3 is 10.1 Å². The van der Waals surface area contributed by atoms with Gasteiger partial charge in [-0.3, -0.25) is 4.79 Å². The smallest absolute Gasteiger partial charge is 0.225 e. The highest BCUT2D eigenvalue weighted by Crippen LogP contribution is 2.29. The third-order valence-corrected chi connectivity index (χ3v) is 4.97. The number of para-hydroxylation sites is 3. The van der Waals surface area contributed by atoms with Gasteiger partial charge in [0.05, 0.1) is 11.9 Å². The topological polar surface area (TPSA) is 75.7 Å². The van der Waals surface area contributed by atoms with E-state index in [0.29, 0.717) is 30.2 Å². The van der Waals surface area contributed by atoms with Crippen LogP contribution in [0.1, 0.15) is 19.8 Å². The highest BCUT2D eigenvalue weighted by molar-refractivity contribution is 7.88. The van der Waals surface area contributed by atoms with E-state index < -0.39 is 10.0 Å². The Morgan fingerprint density at radius 2 is 1.69 bits per heavy atom. The van der Waals surface area contributed by atoms with Gasteiger partial charge in [-0.05, 0) is 30.7 Å². The molecular formula is C19H24N2O4S. The number of carbonyl (C=O) groups excluding carboxylic acids is 1. The predicted octanol–water partition coefficient (Wildman–Crippen LogP) is 3.48. The van der Waals surface area contributed by atoms with Crippen molar-refractivity contribution >= 4 is 21.6 Å². The summed E-state index contributed by atoms with van der Waals surface area (Å²) in [5.41, 5.74) is 0.544. The van der Waals surface area contributed by atoms with Crippen molar-refractivity contribution in [2.45, 2.75) is 19.8 Å². The SMILES string of the molecule is CCCN(CCC(=O)Nc1ccccc1Oc1ccccc1)S(C)(=O)=O. The van der Waals surface area contributed by atoms with Crippen LogP contribution in [0.2, 0.25) is 0 Å². The minimum Gasteiger partial charge on any atom is -0.455 e. The van der Waals surface area contributed by atoms with Crippen molar-refractivity contribution in [3.63, 3.8) is 0 Å². The normalized spacial score (nSPS) is 11.3. The summed E-state index contributed by atoms with van der Waals surface area (Å²) in [6.45, 7) is 2.45. The fourth-order valence-corrected chi connectivity index (χ4v) is 3.34. The van der Waals surface area contributed by atoms with Gasteiger partial charge in [-0.25, -0.2) is 12.7 Å². The van der Waals surface area contributed by atoms with Crippen molar-refractivity contribution in [2.75, 3.05) is 24.7 Å². The molecule has 0 fully saturated rings. The first-order valence-electron chi connectivity index (χ1n) is 8.47. The molecule has 0 unspecified atom stereocenters. The molecule has 1 N–H and O–H groups in total. The molecular weight excluding hydrogens is 352 g/mol. The molecule has 0 saturated carbocycles. The zero-order chi connectivity index (χ0) is 19.0. The first-order valence-corrected chi connectivity index (χ1v) is 10.3. The number of hydrogen-bond acceptors (Lipinski definition) is 4. The van der Waals surface area contributed by atoms with E-state index in [1.54, 1.807) is 18.2 Å². The molecule has 0 heterocycles. The standard InChI is InChI=1S/C19H24N2O4S/c1-3-14-21(26(2,23)24)15-13-19(22)20-17-11-7-8-12-18(17)25-16-9-5-4-6-10-16/h4-12H,3,13-15H2,1-2H3,(H,20,22). The van der Waals surface area contributed by atoms with Crippen LogP contribution in [0.15, 0.2) is 54.6 Å². The fourth-order valence-electron chi connectivity index (χ4n) is 2.41. The number of ether oxygens (including phenoxy) is 1. The Hall–Kier alpha value is -2.38. The van der Waals surface area contributed by atoms with Crippen molar-refractivity contribution in [1.82, 2.24) is 4.31 Å². The number of hydrogen-bond donors (Lipinski definition) is 1. The molecule has 140 valence electrons. The van der Waals surface area contributed by atoms with Gasteiger partial charge in [0.2, 0.25) is 15.9 Å². The van der Waals surface area contributed by atoms with Crippen molar-refractivity contribution in [2.24, 2.45) is 0 Å². The molecule has 0 aromatic heterocycles. The molecule has 2 aromatic rings. The number of benzene rings is 2. The van der Waals surface area contributed by atoms with Gasteiger partial charge in [-0.15, -0.1) is 0 Å². The summed E-state index contributed by atoms with van der Waals surface area (Å²) < 4.78 is 30.6. The second kappa shape index (κ2) is 9.35. The van der Waals surface area contributed by atoms with Crippen LogP contribution in [0.3, 0.4) is 0 Å². The average molecular weight is 376 g/mol. The summed E-state index contributed by atoms with van der Waals surface area (Å²) >= 11 is 0. The Balaban J connectivity index is 2.01. The summed E-state index contributed by atoms with van der Waals surface area (Å²) in [6.07, 6.45) is 1.93. The molecule has 0 saturated heterocycles. The molecule has 0 atom stereocenters. The minimum atomic E-state index is -3.32. The van der Waals surface area contributed by atoms with Crippen molar-refractivity contribution in [3.8, 4) is 11.5 Å². The fraction of sp³-hybridized carbons (Fsp3) is 0.316. The van der Waals surface area contributed by atoms with Gasteiger partial charge in [0, 0.05) is 19.5 Å². The first kappa shape index (κ1) is 19.9. The summed E-state index contributed by atoms with van der Waals surface area (Å²) in [7, 11) is -3.32. The molecule has 26 heavy (non-hydrogen) atoms. The van der Waals surface area contributed by atoms with Crippen molar-refractivity contribution in [3.05, 3.63) is 54.6 Å². The molecule has 0 aliphatic heterocycles. The Kier molecular flexibility index (Phi) is 7.17. The zero-order valence-corrected chi connectivity index (χ0v) is 15.8. The number of amides is 1. The summed E-state index contributed by atoms with van der Waals surface area (Å²) in [5, 5.41) is 2.79. The molecule has 0 aliphatic rings. The predicted molar refractivity (Wildman–Crippen MR) is 103 cm³/mol. The third-order valence-electron chi connectivity index (χ3n) is 3.66. The second-order valence-corrected chi connectivity index (χ2v) is 7.85. The number of nitrogens with zero attached hydrogens (tertiary/aromatic N) is 1. The van der Waals surface area contributed by atoms with E-state index in [4.69, 9.17) is 4.74 Å². The number of rotatable bonds is 9. The van der Waals surface area contributed by atoms with E-state index in [1.165, 1.54) is 4.31 Å². The largest absolute Gasteiger partial charge is 0.455 e. The molecule has 0 radical (unpaired) electrons. The maximum absolute atomic E-state index is 12.3. The van der Waals surface area contributed by atoms with E-state index in [1.807, 2.05) is 43.3 Å². The monoisotopic (exact) mass is 376 g/mol. The van der Waals surface area contributed by atoms with E-state index in [9.17, 15) is 13.2 Å². The van der Waals surface area contributed by atoms with Crippen molar-refractivity contribution < 1.29 is 17.9 Å². The van der Waals surface area contributed by atoms with Crippen LogP contribution in [0.5, 0.6) is 11.5 Å². The summed E-state index contributed by atoms with van der Waals surface area (Å²) in [5.74, 6) is 0.930. The second-order valence-electron chi connectivity index (χ2n) is 5.87. The number of nitrogens with one attached hydrogen (secondary N) is 1. The quantitative estimate of drug-likeness (QED) is 0.727. The van der Waals surface area contributed by atoms with Crippen LogP contribution in [-0.4, -0.2) is 38.0 Å². The first-order chi connectivity index (χ1) is 12.4. The molecule has 2 aromatic carbocycles. The van der Waals surface area contributed by atoms with Gasteiger partial charge >= 0.3 is 0 Å². The van der Waals surface area contributed by atoms with Crippen LogP contribution >= 0.6 is 0 Å². The number of anilines is 1. The van der Waals surface area contributed by atoms with Crippen LogP contribution in [-0.2, 0) is 14.8 Å².